The van der Waals surface area contributed by atoms with Crippen LogP contribution in [-0.4, -0.2) is 84.1 Å². The van der Waals surface area contributed by atoms with Crippen LogP contribution >= 0.6 is 11.9 Å². The zero-order chi connectivity index (χ0) is 30.7. The summed E-state index contributed by atoms with van der Waals surface area (Å²) in [5, 5.41) is 3.13. The summed E-state index contributed by atoms with van der Waals surface area (Å²) in [6.07, 6.45) is 16.8. The number of ether oxygens (including phenoxy) is 1. The number of hydrogen-bond acceptors (Lipinski definition) is 6. The van der Waals surface area contributed by atoms with Gasteiger partial charge in [0.1, 0.15) is 6.04 Å². The summed E-state index contributed by atoms with van der Waals surface area (Å²) >= 11 is 1.78. The number of benzene rings is 1. The molecule has 8 heteroatoms. The fourth-order valence-electron chi connectivity index (χ4n) is 6.76. The SMILES string of the molecule is CC.CCCN1CCC(C(=O)N[C@H](COCc2ccccc2)C(=O)N2CCC3(CC2)CN(SC)C2=C3C=CCC=C2)CC1. The Kier molecular flexibility index (Phi) is 12.8. The Morgan fingerprint density at radius 3 is 2.42 bits per heavy atom. The van der Waals surface area contributed by atoms with Crippen LogP contribution in [0.15, 0.2) is 65.9 Å². The van der Waals surface area contributed by atoms with E-state index in [1.54, 1.807) is 11.9 Å². The van der Waals surface area contributed by atoms with Crippen LogP contribution in [-0.2, 0) is 20.9 Å². The molecule has 0 bridgehead atoms. The molecule has 0 radical (unpaired) electrons. The minimum absolute atomic E-state index is 0.00660. The highest BCUT2D eigenvalue weighted by Crippen LogP contribution is 2.50. The van der Waals surface area contributed by atoms with Crippen molar-refractivity contribution in [3.05, 3.63) is 71.5 Å². The molecule has 1 spiro atoms. The summed E-state index contributed by atoms with van der Waals surface area (Å²) in [5.74, 6) is -0.0728. The molecular formula is C35H52N4O3S. The summed E-state index contributed by atoms with van der Waals surface area (Å²) in [5.41, 5.74) is 3.85. The monoisotopic (exact) mass is 608 g/mol. The van der Waals surface area contributed by atoms with E-state index >= 15 is 0 Å². The maximum absolute atomic E-state index is 13.9. The van der Waals surface area contributed by atoms with Gasteiger partial charge in [-0.2, -0.15) is 0 Å². The fourth-order valence-corrected chi connectivity index (χ4v) is 7.50. The van der Waals surface area contributed by atoms with Crippen LogP contribution in [0.4, 0.5) is 0 Å². The minimum atomic E-state index is -0.671. The number of likely N-dealkylation sites (tertiary alicyclic amines) is 2. The molecule has 5 rings (SSSR count). The van der Waals surface area contributed by atoms with Gasteiger partial charge in [-0.25, -0.2) is 0 Å². The molecule has 1 aromatic carbocycles. The van der Waals surface area contributed by atoms with Crippen molar-refractivity contribution >= 4 is 23.8 Å². The third-order valence-corrected chi connectivity index (χ3v) is 9.92. The molecule has 1 aromatic rings. The molecular weight excluding hydrogens is 556 g/mol. The summed E-state index contributed by atoms with van der Waals surface area (Å²) in [4.78, 5) is 31.7. The number of carbonyl (C=O) groups is 2. The van der Waals surface area contributed by atoms with Crippen molar-refractivity contribution in [2.75, 3.05) is 52.1 Å². The average Bonchev–Trinajstić information content (AvgIpc) is 3.17. The first-order chi connectivity index (χ1) is 21.0. The quantitative estimate of drug-likeness (QED) is 0.339. The fraction of sp³-hybridized carbons (Fsp3) is 0.600. The second kappa shape index (κ2) is 16.5. The van der Waals surface area contributed by atoms with Crippen LogP contribution in [0.2, 0.25) is 0 Å². The van der Waals surface area contributed by atoms with Crippen LogP contribution in [0.3, 0.4) is 0 Å². The summed E-state index contributed by atoms with van der Waals surface area (Å²) in [6, 6.07) is 9.31. The van der Waals surface area contributed by atoms with E-state index in [-0.39, 0.29) is 29.8 Å². The van der Waals surface area contributed by atoms with Crippen LogP contribution in [0.25, 0.3) is 0 Å². The van der Waals surface area contributed by atoms with Gasteiger partial charge in [0, 0.05) is 37.2 Å². The van der Waals surface area contributed by atoms with E-state index in [1.165, 1.54) is 11.3 Å². The molecule has 2 fully saturated rings. The van der Waals surface area contributed by atoms with Gasteiger partial charge in [-0.05, 0) is 75.4 Å². The molecule has 3 heterocycles. The Bertz CT molecular complexity index is 1140. The van der Waals surface area contributed by atoms with Crippen LogP contribution in [0.5, 0.6) is 0 Å². The highest BCUT2D eigenvalue weighted by molar-refractivity contribution is 7.96. The van der Waals surface area contributed by atoms with Crippen molar-refractivity contribution in [1.29, 1.82) is 0 Å². The molecule has 0 unspecified atom stereocenters. The number of carbonyl (C=O) groups excluding carboxylic acids is 2. The smallest absolute Gasteiger partial charge is 0.247 e. The van der Waals surface area contributed by atoms with E-state index in [9.17, 15) is 9.59 Å². The molecule has 4 aliphatic rings. The molecule has 0 aromatic heterocycles. The predicted octanol–water partition coefficient (Wildman–Crippen LogP) is 5.81. The first kappa shape index (κ1) is 33.3. The third-order valence-electron chi connectivity index (χ3n) is 9.16. The first-order valence-corrected chi connectivity index (χ1v) is 17.5. The second-order valence-corrected chi connectivity index (χ2v) is 12.6. The molecule has 1 N–H and O–H groups in total. The molecule has 7 nitrogen and oxygen atoms in total. The van der Waals surface area contributed by atoms with Gasteiger partial charge in [0.25, 0.3) is 0 Å². The maximum atomic E-state index is 13.9. The lowest BCUT2D eigenvalue weighted by Gasteiger charge is -2.41. The molecule has 2 saturated heterocycles. The standard InChI is InChI=1S/C33H46N4O3S.C2H6/c1-3-18-35-19-14-27(15-20-35)31(38)34-29(24-40-23-26-10-6-4-7-11-26)32(39)36-21-16-33(17-22-36)25-37(41-2)30-13-9-5-8-12-28(30)33;1-2/h4,6-13,27,29H,3,5,14-25H2,1-2H3,(H,34,38);1-2H3/t29-;/m1./s1. The number of hydrogen-bond donors (Lipinski definition) is 1. The van der Waals surface area contributed by atoms with Crippen molar-refractivity contribution in [2.24, 2.45) is 11.3 Å². The molecule has 1 aliphatic carbocycles. The predicted molar refractivity (Wildman–Crippen MR) is 177 cm³/mol. The minimum Gasteiger partial charge on any atom is -0.374 e. The third kappa shape index (κ3) is 8.34. The molecule has 0 saturated carbocycles. The largest absolute Gasteiger partial charge is 0.374 e. The summed E-state index contributed by atoms with van der Waals surface area (Å²) < 4.78 is 8.44. The molecule has 236 valence electrons. The molecule has 43 heavy (non-hydrogen) atoms. The van der Waals surface area contributed by atoms with Gasteiger partial charge in [0.2, 0.25) is 11.8 Å². The Balaban J connectivity index is 0.00000207. The highest BCUT2D eigenvalue weighted by atomic mass is 32.2. The van der Waals surface area contributed by atoms with Gasteiger partial charge < -0.3 is 24.2 Å². The molecule has 1 atom stereocenters. The number of amides is 2. The summed E-state index contributed by atoms with van der Waals surface area (Å²) in [7, 11) is 0. The normalized spacial score (nSPS) is 20.8. The van der Waals surface area contributed by atoms with Crippen LogP contribution in [0, 0.1) is 11.3 Å². The topological polar surface area (TPSA) is 65.1 Å². The number of fused-ring (bicyclic) bond motifs is 1. The van der Waals surface area contributed by atoms with Gasteiger partial charge in [-0.15, -0.1) is 0 Å². The number of nitrogens with zero attached hydrogens (tertiary/aromatic N) is 3. The average molecular weight is 609 g/mol. The van der Waals surface area contributed by atoms with Crippen molar-refractivity contribution in [3.63, 3.8) is 0 Å². The molecule has 3 aliphatic heterocycles. The maximum Gasteiger partial charge on any atom is 0.247 e. The lowest BCUT2D eigenvalue weighted by molar-refractivity contribution is -0.141. The lowest BCUT2D eigenvalue weighted by atomic mass is 9.73. The van der Waals surface area contributed by atoms with Crippen LogP contribution in [0.1, 0.15) is 64.9 Å². The van der Waals surface area contributed by atoms with E-state index in [2.05, 4.69) is 52.0 Å². The number of piperidine rings is 2. The van der Waals surface area contributed by atoms with E-state index in [0.717, 1.165) is 70.3 Å². The van der Waals surface area contributed by atoms with E-state index in [4.69, 9.17) is 4.74 Å². The Morgan fingerprint density at radius 1 is 1.05 bits per heavy atom. The Morgan fingerprint density at radius 2 is 1.74 bits per heavy atom. The van der Waals surface area contributed by atoms with Crippen molar-refractivity contribution in [2.45, 2.75) is 71.9 Å². The van der Waals surface area contributed by atoms with Crippen molar-refractivity contribution in [1.82, 2.24) is 19.4 Å². The first-order valence-electron chi connectivity index (χ1n) is 16.4. The Hall–Kier alpha value is -2.55. The number of allylic oxidation sites excluding steroid dienone is 4. The zero-order valence-corrected chi connectivity index (χ0v) is 27.5. The van der Waals surface area contributed by atoms with E-state index < -0.39 is 6.04 Å². The van der Waals surface area contributed by atoms with Gasteiger partial charge in [0.05, 0.1) is 18.9 Å². The zero-order valence-electron chi connectivity index (χ0n) is 26.7. The van der Waals surface area contributed by atoms with Crippen LogP contribution < -0.4 is 5.32 Å². The van der Waals surface area contributed by atoms with Gasteiger partial charge in [-0.3, -0.25) is 9.59 Å². The van der Waals surface area contributed by atoms with Gasteiger partial charge in [0.15, 0.2) is 0 Å². The molecule has 2 amide bonds. The Labute approximate surface area is 263 Å². The summed E-state index contributed by atoms with van der Waals surface area (Å²) in [6.45, 7) is 12.1. The van der Waals surface area contributed by atoms with Crippen molar-refractivity contribution < 1.29 is 14.3 Å². The second-order valence-electron chi connectivity index (χ2n) is 11.8. The van der Waals surface area contributed by atoms with Crippen molar-refractivity contribution in [3.8, 4) is 0 Å². The van der Waals surface area contributed by atoms with E-state index in [0.29, 0.717) is 19.7 Å². The lowest BCUT2D eigenvalue weighted by Crippen LogP contribution is -2.55. The van der Waals surface area contributed by atoms with Gasteiger partial charge >= 0.3 is 0 Å². The van der Waals surface area contributed by atoms with Gasteiger partial charge in [-0.1, -0.05) is 81.3 Å². The number of nitrogens with one attached hydrogen (secondary N) is 1. The highest BCUT2D eigenvalue weighted by Gasteiger charge is 2.46. The number of rotatable bonds is 10. The van der Waals surface area contributed by atoms with E-state index in [1.807, 2.05) is 49.1 Å².